The summed E-state index contributed by atoms with van der Waals surface area (Å²) < 4.78 is 79.1. The van der Waals surface area contributed by atoms with Gasteiger partial charge in [0.2, 0.25) is 0 Å². The van der Waals surface area contributed by atoms with Gasteiger partial charge in [-0.25, -0.2) is 13.2 Å². The molecule has 0 N–H and O–H groups in total. The van der Waals surface area contributed by atoms with E-state index in [0.717, 1.165) is 36.8 Å². The number of alkyl halides is 3. The Morgan fingerprint density at radius 1 is 0.906 bits per heavy atom. The molecule has 32 heavy (non-hydrogen) atoms. The lowest BCUT2D eigenvalue weighted by Crippen LogP contribution is -2.16. The van der Waals surface area contributed by atoms with Gasteiger partial charge in [0, 0.05) is 5.56 Å². The van der Waals surface area contributed by atoms with Crippen LogP contribution in [-0.2, 0) is 6.42 Å². The van der Waals surface area contributed by atoms with Crippen LogP contribution in [0.1, 0.15) is 56.1 Å². The summed E-state index contributed by atoms with van der Waals surface area (Å²) in [5, 5.41) is 0. The first-order valence-electron chi connectivity index (χ1n) is 11.1. The van der Waals surface area contributed by atoms with Crippen molar-refractivity contribution < 1.29 is 26.3 Å². The van der Waals surface area contributed by atoms with Crippen LogP contribution in [0.2, 0.25) is 0 Å². The van der Waals surface area contributed by atoms with Crippen molar-refractivity contribution >= 4 is 0 Å². The molecule has 174 valence electrons. The van der Waals surface area contributed by atoms with E-state index in [1.807, 2.05) is 31.2 Å². The second kappa shape index (κ2) is 10.6. The summed E-state index contributed by atoms with van der Waals surface area (Å²) in [6.45, 7) is 1.95. The standard InChI is InChI=1S/C26H28F6/c1-17-6-12-20(13-7-17)21-15-23(27)22(24(28)16-21)5-3-2-4-18-8-10-19(11-9-18)14-25(29)26(30,31)32/h6-7,12-16,18-19H,2-5,8-11H2,1H3. The van der Waals surface area contributed by atoms with Crippen LogP contribution in [0.15, 0.2) is 48.3 Å². The maximum absolute atomic E-state index is 14.5. The third kappa shape index (κ3) is 6.63. The van der Waals surface area contributed by atoms with Crippen molar-refractivity contribution in [3.8, 4) is 11.1 Å². The van der Waals surface area contributed by atoms with Gasteiger partial charge in [-0.3, -0.25) is 0 Å². The number of hydrogen-bond acceptors (Lipinski definition) is 0. The molecule has 0 atom stereocenters. The van der Waals surface area contributed by atoms with Gasteiger partial charge in [0.1, 0.15) is 11.6 Å². The number of allylic oxidation sites excluding steroid dienone is 2. The van der Waals surface area contributed by atoms with Crippen molar-refractivity contribution in [1.82, 2.24) is 0 Å². The van der Waals surface area contributed by atoms with E-state index in [-0.39, 0.29) is 11.5 Å². The molecule has 0 heterocycles. The maximum Gasteiger partial charge on any atom is 0.442 e. The number of rotatable bonds is 7. The van der Waals surface area contributed by atoms with E-state index in [1.54, 1.807) is 0 Å². The zero-order chi connectivity index (χ0) is 23.3. The van der Waals surface area contributed by atoms with E-state index in [4.69, 9.17) is 0 Å². The van der Waals surface area contributed by atoms with Gasteiger partial charge >= 0.3 is 6.18 Å². The Morgan fingerprint density at radius 3 is 2.06 bits per heavy atom. The lowest BCUT2D eigenvalue weighted by molar-refractivity contribution is -0.109. The highest BCUT2D eigenvalue weighted by molar-refractivity contribution is 5.64. The molecule has 2 aromatic rings. The normalized spacial score (nSPS) is 19.9. The molecule has 0 radical (unpaired) electrons. The van der Waals surface area contributed by atoms with Crippen molar-refractivity contribution in [3.63, 3.8) is 0 Å². The first kappa shape index (κ1) is 24.4. The lowest BCUT2D eigenvalue weighted by atomic mass is 9.79. The second-order valence-corrected chi connectivity index (χ2v) is 8.82. The van der Waals surface area contributed by atoms with Gasteiger partial charge < -0.3 is 0 Å². The van der Waals surface area contributed by atoms with Crippen molar-refractivity contribution in [3.05, 3.63) is 71.1 Å². The molecule has 1 aliphatic carbocycles. The smallest absolute Gasteiger partial charge is 0.207 e. The maximum atomic E-state index is 14.5. The molecule has 0 aromatic heterocycles. The van der Waals surface area contributed by atoms with Gasteiger partial charge in [0.25, 0.3) is 0 Å². The Morgan fingerprint density at radius 2 is 1.50 bits per heavy atom. The van der Waals surface area contributed by atoms with Crippen molar-refractivity contribution in [2.45, 2.75) is 64.5 Å². The van der Waals surface area contributed by atoms with Gasteiger partial charge in [0.15, 0.2) is 5.83 Å². The summed E-state index contributed by atoms with van der Waals surface area (Å²) in [6, 6.07) is 10.2. The van der Waals surface area contributed by atoms with Gasteiger partial charge in [0.05, 0.1) is 0 Å². The monoisotopic (exact) mass is 454 g/mol. The van der Waals surface area contributed by atoms with Crippen molar-refractivity contribution in [2.24, 2.45) is 11.8 Å². The third-order valence-corrected chi connectivity index (χ3v) is 6.36. The SMILES string of the molecule is Cc1ccc(-c2cc(F)c(CCCCC3CCC(C=C(F)C(F)(F)F)CC3)c(F)c2)cc1. The number of aryl methyl sites for hydroxylation is 1. The predicted molar refractivity (Wildman–Crippen MR) is 115 cm³/mol. The Kier molecular flexibility index (Phi) is 8.07. The second-order valence-electron chi connectivity index (χ2n) is 8.82. The third-order valence-electron chi connectivity index (χ3n) is 6.36. The van der Waals surface area contributed by atoms with Crippen LogP contribution in [0.5, 0.6) is 0 Å². The molecule has 0 bridgehead atoms. The zero-order valence-corrected chi connectivity index (χ0v) is 18.1. The molecule has 6 heteroatoms. The van der Waals surface area contributed by atoms with E-state index in [9.17, 15) is 26.3 Å². The van der Waals surface area contributed by atoms with Crippen molar-refractivity contribution in [2.75, 3.05) is 0 Å². The molecule has 0 saturated heterocycles. The molecule has 3 rings (SSSR count). The van der Waals surface area contributed by atoms with Crippen LogP contribution in [0.3, 0.4) is 0 Å². The van der Waals surface area contributed by atoms with E-state index in [1.165, 1.54) is 12.1 Å². The first-order valence-corrected chi connectivity index (χ1v) is 11.1. The summed E-state index contributed by atoms with van der Waals surface area (Å²) in [5.74, 6) is -3.09. The van der Waals surface area contributed by atoms with Crippen LogP contribution in [0.25, 0.3) is 11.1 Å². The van der Waals surface area contributed by atoms with Crippen molar-refractivity contribution in [1.29, 1.82) is 0 Å². The fraction of sp³-hybridized carbons (Fsp3) is 0.462. The Hall–Kier alpha value is -2.24. The van der Waals surface area contributed by atoms with Gasteiger partial charge in [-0.2, -0.15) is 13.2 Å². The molecule has 0 spiro atoms. The Balaban J connectivity index is 1.46. The number of halogens is 6. The number of benzene rings is 2. The molecule has 2 aromatic carbocycles. The summed E-state index contributed by atoms with van der Waals surface area (Å²) >= 11 is 0. The van der Waals surface area contributed by atoms with Gasteiger partial charge in [-0.15, -0.1) is 0 Å². The topological polar surface area (TPSA) is 0 Å². The molecule has 0 aliphatic heterocycles. The summed E-state index contributed by atoms with van der Waals surface area (Å²) in [7, 11) is 0. The minimum Gasteiger partial charge on any atom is -0.207 e. The lowest BCUT2D eigenvalue weighted by Gasteiger charge is -2.27. The molecule has 0 nitrogen and oxygen atoms in total. The zero-order valence-electron chi connectivity index (χ0n) is 18.1. The summed E-state index contributed by atoms with van der Waals surface area (Å²) in [4.78, 5) is 0. The van der Waals surface area contributed by atoms with Gasteiger partial charge in [-0.05, 0) is 86.6 Å². The van der Waals surface area contributed by atoms with E-state index in [2.05, 4.69) is 0 Å². The minimum atomic E-state index is -4.90. The van der Waals surface area contributed by atoms with Crippen LogP contribution < -0.4 is 0 Å². The fourth-order valence-corrected chi connectivity index (χ4v) is 4.43. The Labute approximate surface area is 185 Å². The summed E-state index contributed by atoms with van der Waals surface area (Å²) in [5.41, 5.74) is 2.44. The van der Waals surface area contributed by atoms with Gasteiger partial charge in [-0.1, -0.05) is 42.7 Å². The summed E-state index contributed by atoms with van der Waals surface area (Å²) in [6.07, 6.45) is 0.989. The Bertz CT molecular complexity index is 895. The highest BCUT2D eigenvalue weighted by atomic mass is 19.4. The highest BCUT2D eigenvalue weighted by Crippen LogP contribution is 2.36. The van der Waals surface area contributed by atoms with Crippen LogP contribution in [0, 0.1) is 30.4 Å². The molecule has 1 fully saturated rings. The molecular formula is C26H28F6. The molecule has 0 unspecified atom stereocenters. The first-order chi connectivity index (χ1) is 15.1. The highest BCUT2D eigenvalue weighted by Gasteiger charge is 2.35. The van der Waals surface area contributed by atoms with Crippen LogP contribution >= 0.6 is 0 Å². The quantitative estimate of drug-likeness (QED) is 0.289. The van der Waals surface area contributed by atoms with E-state index in [0.29, 0.717) is 43.2 Å². The van der Waals surface area contributed by atoms with E-state index < -0.39 is 23.6 Å². The molecule has 0 amide bonds. The number of unbranched alkanes of at least 4 members (excludes halogenated alkanes) is 1. The molecular weight excluding hydrogens is 426 g/mol. The minimum absolute atomic E-state index is 0.0948. The van der Waals surface area contributed by atoms with Crippen LogP contribution in [-0.4, -0.2) is 6.18 Å². The number of hydrogen-bond donors (Lipinski definition) is 0. The fourth-order valence-electron chi connectivity index (χ4n) is 4.43. The predicted octanol–water partition coefficient (Wildman–Crippen LogP) is 8.88. The van der Waals surface area contributed by atoms with E-state index >= 15 is 0 Å². The average molecular weight is 454 g/mol. The largest absolute Gasteiger partial charge is 0.442 e. The molecule has 1 aliphatic rings. The molecule has 1 saturated carbocycles. The van der Waals surface area contributed by atoms with Crippen LogP contribution in [0.4, 0.5) is 26.3 Å². The average Bonchev–Trinajstić information content (AvgIpc) is 2.73.